The average Bonchev–Trinajstić information content (AvgIpc) is 2.37. The summed E-state index contributed by atoms with van der Waals surface area (Å²) < 4.78 is 42.3. The molecule has 0 heterocycles. The summed E-state index contributed by atoms with van der Waals surface area (Å²) in [4.78, 5) is 0. The predicted molar refractivity (Wildman–Crippen MR) is 73.2 cm³/mol. The second-order valence-electron chi connectivity index (χ2n) is 4.48. The molecule has 6 heteroatoms. The van der Waals surface area contributed by atoms with Gasteiger partial charge in [0.25, 0.3) is 0 Å². The molecule has 2 aromatic rings. The van der Waals surface area contributed by atoms with Crippen LogP contribution < -0.4 is 10.1 Å². The van der Waals surface area contributed by atoms with Gasteiger partial charge < -0.3 is 15.2 Å². The second kappa shape index (κ2) is 6.39. The van der Waals surface area contributed by atoms with Crippen LogP contribution in [0, 0.1) is 5.82 Å². The van der Waals surface area contributed by atoms with E-state index in [1.54, 1.807) is 19.1 Å². The molecular formula is C15H14F3NO2. The third kappa shape index (κ3) is 4.05. The zero-order valence-electron chi connectivity index (χ0n) is 11.2. The van der Waals surface area contributed by atoms with Crippen LogP contribution in [0.25, 0.3) is 0 Å². The molecule has 1 atom stereocenters. The highest BCUT2D eigenvalue weighted by Gasteiger charge is 2.12. The van der Waals surface area contributed by atoms with E-state index in [2.05, 4.69) is 10.1 Å². The molecule has 0 radical (unpaired) electrons. The number of phenols is 1. The minimum Gasteiger partial charge on any atom is -0.508 e. The number of benzene rings is 2. The largest absolute Gasteiger partial charge is 0.508 e. The van der Waals surface area contributed by atoms with Gasteiger partial charge in [-0.05, 0) is 25.1 Å². The van der Waals surface area contributed by atoms with Crippen molar-refractivity contribution in [2.75, 3.05) is 5.32 Å². The molecule has 0 amide bonds. The molecule has 2 N–H and O–H groups in total. The standard InChI is InChI=1S/C15H14F3NO2/c1-9(13-6-5-11(20)8-14(13)16)19-10-3-2-4-12(7-10)21-15(17)18/h2-9,15,19-20H,1H3. The Morgan fingerprint density at radius 1 is 1.14 bits per heavy atom. The molecule has 3 nitrogen and oxygen atoms in total. The van der Waals surface area contributed by atoms with Gasteiger partial charge in [0.15, 0.2) is 0 Å². The van der Waals surface area contributed by atoms with Crippen LogP contribution in [-0.2, 0) is 0 Å². The molecule has 21 heavy (non-hydrogen) atoms. The van der Waals surface area contributed by atoms with E-state index in [1.165, 1.54) is 24.3 Å². The predicted octanol–water partition coefficient (Wildman–Crippen LogP) is 4.31. The van der Waals surface area contributed by atoms with E-state index in [4.69, 9.17) is 0 Å². The van der Waals surface area contributed by atoms with Crippen molar-refractivity contribution in [2.24, 2.45) is 0 Å². The lowest BCUT2D eigenvalue weighted by molar-refractivity contribution is -0.0498. The highest BCUT2D eigenvalue weighted by Crippen LogP contribution is 2.26. The van der Waals surface area contributed by atoms with Crippen LogP contribution in [0.5, 0.6) is 11.5 Å². The van der Waals surface area contributed by atoms with Gasteiger partial charge in [-0.2, -0.15) is 8.78 Å². The first-order valence-electron chi connectivity index (χ1n) is 6.25. The molecule has 0 bridgehead atoms. The summed E-state index contributed by atoms with van der Waals surface area (Å²) in [6.45, 7) is -1.18. The normalized spacial score (nSPS) is 12.2. The van der Waals surface area contributed by atoms with Crippen LogP contribution in [0.3, 0.4) is 0 Å². The molecular weight excluding hydrogens is 283 g/mol. The van der Waals surface area contributed by atoms with Crippen molar-refractivity contribution in [3.63, 3.8) is 0 Å². The molecule has 0 aliphatic rings. The van der Waals surface area contributed by atoms with E-state index < -0.39 is 18.5 Å². The smallest absolute Gasteiger partial charge is 0.387 e. The number of ether oxygens (including phenoxy) is 1. The fourth-order valence-electron chi connectivity index (χ4n) is 1.96. The van der Waals surface area contributed by atoms with E-state index in [0.29, 0.717) is 11.3 Å². The maximum Gasteiger partial charge on any atom is 0.387 e. The molecule has 2 aromatic carbocycles. The number of rotatable bonds is 5. The van der Waals surface area contributed by atoms with Gasteiger partial charge in [-0.3, -0.25) is 0 Å². The van der Waals surface area contributed by atoms with Crippen molar-refractivity contribution >= 4 is 5.69 Å². The first-order chi connectivity index (χ1) is 9.95. The number of halogens is 3. The van der Waals surface area contributed by atoms with Crippen LogP contribution >= 0.6 is 0 Å². The van der Waals surface area contributed by atoms with Crippen LogP contribution in [0.4, 0.5) is 18.9 Å². The molecule has 0 aliphatic carbocycles. The quantitative estimate of drug-likeness (QED) is 0.864. The Morgan fingerprint density at radius 2 is 1.90 bits per heavy atom. The molecule has 0 saturated heterocycles. The van der Waals surface area contributed by atoms with Gasteiger partial charge in [0.05, 0.1) is 6.04 Å². The zero-order chi connectivity index (χ0) is 15.4. The zero-order valence-corrected chi connectivity index (χ0v) is 11.2. The van der Waals surface area contributed by atoms with E-state index in [0.717, 1.165) is 6.07 Å². The SMILES string of the molecule is CC(Nc1cccc(OC(F)F)c1)c1ccc(O)cc1F. The molecule has 0 spiro atoms. The fourth-order valence-corrected chi connectivity index (χ4v) is 1.96. The Kier molecular flexibility index (Phi) is 4.57. The van der Waals surface area contributed by atoms with Crippen molar-refractivity contribution in [3.8, 4) is 11.5 Å². The van der Waals surface area contributed by atoms with Gasteiger partial charge in [0.2, 0.25) is 0 Å². The Labute approximate surface area is 120 Å². The Morgan fingerprint density at radius 3 is 2.57 bits per heavy atom. The topological polar surface area (TPSA) is 41.5 Å². The Bertz CT molecular complexity index is 620. The molecule has 0 fully saturated rings. The van der Waals surface area contributed by atoms with E-state index >= 15 is 0 Å². The summed E-state index contributed by atoms with van der Waals surface area (Å²) in [5, 5.41) is 12.2. The van der Waals surface area contributed by atoms with Gasteiger partial charge in [0.1, 0.15) is 17.3 Å². The van der Waals surface area contributed by atoms with E-state index in [-0.39, 0.29) is 11.5 Å². The third-order valence-electron chi connectivity index (χ3n) is 2.89. The second-order valence-corrected chi connectivity index (χ2v) is 4.48. The molecule has 2 rings (SSSR count). The highest BCUT2D eigenvalue weighted by molar-refractivity contribution is 5.50. The van der Waals surface area contributed by atoms with Crippen molar-refractivity contribution < 1.29 is 23.0 Å². The Balaban J connectivity index is 2.13. The lowest BCUT2D eigenvalue weighted by atomic mass is 10.1. The third-order valence-corrected chi connectivity index (χ3v) is 2.89. The van der Waals surface area contributed by atoms with E-state index in [9.17, 15) is 18.3 Å². The first-order valence-corrected chi connectivity index (χ1v) is 6.25. The summed E-state index contributed by atoms with van der Waals surface area (Å²) >= 11 is 0. The number of aromatic hydroxyl groups is 1. The maximum absolute atomic E-state index is 13.7. The number of hydrogen-bond donors (Lipinski definition) is 2. The number of hydrogen-bond acceptors (Lipinski definition) is 3. The van der Waals surface area contributed by atoms with Gasteiger partial charge in [-0.1, -0.05) is 12.1 Å². The number of phenolic OH excluding ortho intramolecular Hbond substituents is 1. The van der Waals surface area contributed by atoms with Gasteiger partial charge in [-0.25, -0.2) is 4.39 Å². The lowest BCUT2D eigenvalue weighted by Crippen LogP contribution is -2.09. The number of alkyl halides is 2. The molecule has 112 valence electrons. The van der Waals surface area contributed by atoms with Gasteiger partial charge in [0, 0.05) is 23.4 Å². The minimum absolute atomic E-state index is 0.0216. The number of nitrogens with one attached hydrogen (secondary N) is 1. The first kappa shape index (κ1) is 15.0. The van der Waals surface area contributed by atoms with Crippen LogP contribution in [0.15, 0.2) is 42.5 Å². The number of anilines is 1. The summed E-state index contributed by atoms with van der Waals surface area (Å²) in [7, 11) is 0. The van der Waals surface area contributed by atoms with Crippen LogP contribution in [0.2, 0.25) is 0 Å². The summed E-state index contributed by atoms with van der Waals surface area (Å²) in [5.74, 6) is -0.681. The molecule has 0 aliphatic heterocycles. The van der Waals surface area contributed by atoms with Crippen molar-refractivity contribution in [2.45, 2.75) is 19.6 Å². The minimum atomic E-state index is -2.90. The van der Waals surface area contributed by atoms with Crippen molar-refractivity contribution in [1.82, 2.24) is 0 Å². The summed E-state index contributed by atoms with van der Waals surface area (Å²) in [5.41, 5.74) is 0.876. The summed E-state index contributed by atoms with van der Waals surface area (Å²) in [6, 6.07) is 9.47. The van der Waals surface area contributed by atoms with Crippen LogP contribution in [-0.4, -0.2) is 11.7 Å². The summed E-state index contributed by atoms with van der Waals surface area (Å²) in [6.07, 6.45) is 0. The van der Waals surface area contributed by atoms with Crippen LogP contribution in [0.1, 0.15) is 18.5 Å². The van der Waals surface area contributed by atoms with Crippen molar-refractivity contribution in [3.05, 3.63) is 53.8 Å². The molecule has 1 unspecified atom stereocenters. The highest BCUT2D eigenvalue weighted by atomic mass is 19.3. The average molecular weight is 297 g/mol. The van der Waals surface area contributed by atoms with E-state index in [1.807, 2.05) is 0 Å². The van der Waals surface area contributed by atoms with Crippen molar-refractivity contribution in [1.29, 1.82) is 0 Å². The molecule has 0 saturated carbocycles. The maximum atomic E-state index is 13.7. The Hall–Kier alpha value is -2.37. The van der Waals surface area contributed by atoms with Gasteiger partial charge >= 0.3 is 6.61 Å². The van der Waals surface area contributed by atoms with Gasteiger partial charge in [-0.15, -0.1) is 0 Å². The molecule has 0 aromatic heterocycles. The monoisotopic (exact) mass is 297 g/mol. The lowest BCUT2D eigenvalue weighted by Gasteiger charge is -2.17. The fraction of sp³-hybridized carbons (Fsp3) is 0.200.